The third-order valence-corrected chi connectivity index (χ3v) is 1.97. The summed E-state index contributed by atoms with van der Waals surface area (Å²) in [5, 5.41) is 1.09. The van der Waals surface area contributed by atoms with Crippen LogP contribution in [0.4, 0.5) is 0 Å². The molecule has 0 radical (unpaired) electrons. The summed E-state index contributed by atoms with van der Waals surface area (Å²) in [6.45, 7) is 1.58. The van der Waals surface area contributed by atoms with E-state index in [4.69, 9.17) is 0 Å². The van der Waals surface area contributed by atoms with Crippen LogP contribution in [0.2, 0.25) is 0 Å². The van der Waals surface area contributed by atoms with Gasteiger partial charge in [-0.2, -0.15) is 0 Å². The maximum atomic E-state index is 11.1. The molecule has 12 heavy (non-hydrogen) atoms. The molecule has 2 rings (SSSR count). The number of para-hydroxylation sites is 1. The van der Waals surface area contributed by atoms with Gasteiger partial charge in [0, 0.05) is 17.1 Å². The second-order valence-electron chi connectivity index (χ2n) is 2.80. The summed E-state index contributed by atoms with van der Waals surface area (Å²) in [6, 6.07) is 7.67. The highest BCUT2D eigenvalue weighted by molar-refractivity contribution is 6.05. The fraction of sp³-hybridized carbons (Fsp3) is 0.100. The average Bonchev–Trinajstić information content (AvgIpc) is 2.49. The molecule has 0 saturated heterocycles. The summed E-state index contributed by atoms with van der Waals surface area (Å²) in [5.41, 5.74) is 1.70. The molecule has 2 heteroatoms. The number of fused-ring (bicyclic) bond motifs is 1. The fourth-order valence-corrected chi connectivity index (χ4v) is 1.38. The van der Waals surface area contributed by atoms with Gasteiger partial charge < -0.3 is 4.98 Å². The number of rotatable bonds is 1. The zero-order chi connectivity index (χ0) is 8.55. The van der Waals surface area contributed by atoms with Crippen LogP contribution in [0.25, 0.3) is 10.9 Å². The first kappa shape index (κ1) is 7.10. The maximum absolute atomic E-state index is 11.1. The summed E-state index contributed by atoms with van der Waals surface area (Å²) in [7, 11) is 0. The molecule has 2 nitrogen and oxygen atoms in total. The molecule has 0 aliphatic carbocycles. The highest BCUT2D eigenvalue weighted by atomic mass is 16.1. The van der Waals surface area contributed by atoms with Gasteiger partial charge in [0.1, 0.15) is 0 Å². The van der Waals surface area contributed by atoms with Gasteiger partial charge in [0.05, 0.1) is 5.52 Å². The third kappa shape index (κ3) is 0.925. The van der Waals surface area contributed by atoms with Crippen LogP contribution in [0, 0.1) is 0 Å². The number of carbonyl (C=O) groups is 1. The van der Waals surface area contributed by atoms with Gasteiger partial charge in [-0.3, -0.25) is 4.79 Å². The Bertz CT molecular complexity index is 428. The highest BCUT2D eigenvalue weighted by Gasteiger charge is 2.04. The van der Waals surface area contributed by atoms with E-state index in [9.17, 15) is 4.79 Å². The lowest BCUT2D eigenvalue weighted by molar-refractivity contribution is 0.101. The van der Waals surface area contributed by atoms with E-state index in [-0.39, 0.29) is 5.78 Å². The second-order valence-corrected chi connectivity index (χ2v) is 2.80. The van der Waals surface area contributed by atoms with Crippen LogP contribution in [0.1, 0.15) is 17.3 Å². The molecule has 1 heterocycles. The molecule has 0 aliphatic rings. The van der Waals surface area contributed by atoms with Crippen molar-refractivity contribution in [2.75, 3.05) is 0 Å². The molecule has 0 unspecified atom stereocenters. The summed E-state index contributed by atoms with van der Waals surface area (Å²) < 4.78 is 0. The lowest BCUT2D eigenvalue weighted by atomic mass is 10.1. The van der Waals surface area contributed by atoms with Crippen LogP contribution < -0.4 is 0 Å². The van der Waals surface area contributed by atoms with Crippen LogP contribution in [0.5, 0.6) is 0 Å². The molecule has 0 fully saturated rings. The van der Waals surface area contributed by atoms with Crippen molar-refractivity contribution < 1.29 is 4.79 Å². The predicted molar refractivity (Wildman–Crippen MR) is 48.3 cm³/mol. The normalized spacial score (nSPS) is 10.4. The van der Waals surface area contributed by atoms with Crippen molar-refractivity contribution in [3.63, 3.8) is 0 Å². The molecule has 60 valence electrons. The van der Waals surface area contributed by atoms with E-state index in [0.29, 0.717) is 0 Å². The number of Topliss-reactive ketones (excluding diaryl/α,β-unsaturated/α-hetero) is 1. The lowest BCUT2D eigenvalue weighted by Crippen LogP contribution is -1.92. The zero-order valence-electron chi connectivity index (χ0n) is 6.79. The van der Waals surface area contributed by atoms with E-state index < -0.39 is 0 Å². The van der Waals surface area contributed by atoms with Crippen molar-refractivity contribution in [2.45, 2.75) is 6.92 Å². The minimum atomic E-state index is 0.100. The van der Waals surface area contributed by atoms with Crippen molar-refractivity contribution in [2.24, 2.45) is 0 Å². The minimum absolute atomic E-state index is 0.100. The largest absolute Gasteiger partial charge is 0.361 e. The van der Waals surface area contributed by atoms with Crippen molar-refractivity contribution in [1.29, 1.82) is 0 Å². The monoisotopic (exact) mass is 159 g/mol. The maximum Gasteiger partial charge on any atom is 0.161 e. The molecule has 2 aromatic rings. The summed E-state index contributed by atoms with van der Waals surface area (Å²) >= 11 is 0. The Morgan fingerprint density at radius 1 is 1.33 bits per heavy atom. The number of nitrogens with one attached hydrogen (secondary N) is 1. The van der Waals surface area contributed by atoms with Crippen molar-refractivity contribution in [3.8, 4) is 0 Å². The molecular formula is C10H9NO. The van der Waals surface area contributed by atoms with Gasteiger partial charge in [-0.25, -0.2) is 0 Å². The van der Waals surface area contributed by atoms with E-state index in [2.05, 4.69) is 4.98 Å². The summed E-state index contributed by atoms with van der Waals surface area (Å²) in [6.07, 6.45) is 1.84. The van der Waals surface area contributed by atoms with Crippen LogP contribution in [0.3, 0.4) is 0 Å². The van der Waals surface area contributed by atoms with Crippen molar-refractivity contribution >= 4 is 16.7 Å². The number of hydrogen-bond donors (Lipinski definition) is 1. The first-order valence-corrected chi connectivity index (χ1v) is 3.86. The predicted octanol–water partition coefficient (Wildman–Crippen LogP) is 2.37. The number of hydrogen-bond acceptors (Lipinski definition) is 1. The minimum Gasteiger partial charge on any atom is -0.361 e. The van der Waals surface area contributed by atoms with E-state index in [1.807, 2.05) is 30.5 Å². The lowest BCUT2D eigenvalue weighted by Gasteiger charge is -1.96. The molecule has 1 N–H and O–H groups in total. The topological polar surface area (TPSA) is 32.9 Å². The molecule has 0 spiro atoms. The standard InChI is InChI=1S/C10H9NO/c1-7(12)9-4-2-3-8-5-6-11-10(8)9/h2-6,11H,1H3. The Morgan fingerprint density at radius 2 is 2.17 bits per heavy atom. The first-order valence-electron chi connectivity index (χ1n) is 3.86. The van der Waals surface area contributed by atoms with Gasteiger partial charge in [-0.15, -0.1) is 0 Å². The third-order valence-electron chi connectivity index (χ3n) is 1.97. The van der Waals surface area contributed by atoms with Crippen molar-refractivity contribution in [3.05, 3.63) is 36.0 Å². The second kappa shape index (κ2) is 2.48. The van der Waals surface area contributed by atoms with Crippen LogP contribution in [0.15, 0.2) is 30.5 Å². The molecule has 1 aromatic heterocycles. The number of H-pyrrole nitrogens is 1. The molecule has 0 saturated carbocycles. The number of ketones is 1. The van der Waals surface area contributed by atoms with Gasteiger partial charge in [-0.1, -0.05) is 12.1 Å². The smallest absolute Gasteiger partial charge is 0.161 e. The van der Waals surface area contributed by atoms with Gasteiger partial charge >= 0.3 is 0 Å². The molecule has 0 amide bonds. The van der Waals surface area contributed by atoms with Crippen LogP contribution >= 0.6 is 0 Å². The number of carbonyl (C=O) groups excluding carboxylic acids is 1. The number of aromatic nitrogens is 1. The van der Waals surface area contributed by atoms with Crippen LogP contribution in [-0.2, 0) is 0 Å². The van der Waals surface area contributed by atoms with E-state index in [0.717, 1.165) is 16.5 Å². The van der Waals surface area contributed by atoms with Gasteiger partial charge in [0.25, 0.3) is 0 Å². The van der Waals surface area contributed by atoms with Gasteiger partial charge in [0.2, 0.25) is 0 Å². The van der Waals surface area contributed by atoms with Gasteiger partial charge in [0.15, 0.2) is 5.78 Å². The number of benzene rings is 1. The summed E-state index contributed by atoms with van der Waals surface area (Å²) in [5.74, 6) is 0.100. The summed E-state index contributed by atoms with van der Waals surface area (Å²) in [4.78, 5) is 14.2. The molecule has 0 bridgehead atoms. The SMILES string of the molecule is CC(=O)c1cccc2cc[nH]c12. The van der Waals surface area contributed by atoms with Crippen molar-refractivity contribution in [1.82, 2.24) is 4.98 Å². The molecule has 0 aliphatic heterocycles. The zero-order valence-corrected chi connectivity index (χ0v) is 6.79. The fourth-order valence-electron chi connectivity index (χ4n) is 1.38. The van der Waals surface area contributed by atoms with E-state index >= 15 is 0 Å². The Hall–Kier alpha value is -1.57. The average molecular weight is 159 g/mol. The Labute approximate surface area is 70.2 Å². The Kier molecular flexibility index (Phi) is 1.47. The van der Waals surface area contributed by atoms with Crippen LogP contribution in [-0.4, -0.2) is 10.8 Å². The van der Waals surface area contributed by atoms with E-state index in [1.54, 1.807) is 6.92 Å². The Balaban J connectivity index is 2.82. The number of aromatic amines is 1. The molecule has 0 atom stereocenters. The quantitative estimate of drug-likeness (QED) is 0.636. The Morgan fingerprint density at radius 3 is 2.92 bits per heavy atom. The molecular weight excluding hydrogens is 150 g/mol. The first-order chi connectivity index (χ1) is 5.79. The highest BCUT2D eigenvalue weighted by Crippen LogP contribution is 2.16. The molecule has 1 aromatic carbocycles. The van der Waals surface area contributed by atoms with E-state index in [1.165, 1.54) is 0 Å². The van der Waals surface area contributed by atoms with Gasteiger partial charge in [-0.05, 0) is 19.1 Å².